The van der Waals surface area contributed by atoms with E-state index in [2.05, 4.69) is 45.9 Å². The van der Waals surface area contributed by atoms with Gasteiger partial charge in [0, 0.05) is 17.0 Å². The van der Waals surface area contributed by atoms with Gasteiger partial charge in [0.05, 0.1) is 0 Å². The molecule has 0 fully saturated rings. The van der Waals surface area contributed by atoms with Crippen molar-refractivity contribution in [3.8, 4) is 6.07 Å². The lowest BCUT2D eigenvalue weighted by atomic mass is 9.85. The van der Waals surface area contributed by atoms with Crippen molar-refractivity contribution in [2.24, 2.45) is 0 Å². The number of hydrogen-bond donors (Lipinski definition) is 0. The molecule has 1 aromatic heterocycles. The molecule has 0 N–H and O–H groups in total. The molecule has 2 aromatic rings. The van der Waals surface area contributed by atoms with Gasteiger partial charge in [0.1, 0.15) is 11.7 Å². The summed E-state index contributed by atoms with van der Waals surface area (Å²) in [5, 5.41) is 9.95. The zero-order valence-electron chi connectivity index (χ0n) is 10.8. The molecule has 0 aliphatic heterocycles. The second kappa shape index (κ2) is 3.92. The van der Waals surface area contributed by atoms with Crippen molar-refractivity contribution in [1.29, 1.82) is 5.26 Å². The van der Waals surface area contributed by atoms with Crippen LogP contribution in [0.5, 0.6) is 0 Å². The van der Waals surface area contributed by atoms with Gasteiger partial charge in [-0.05, 0) is 23.5 Å². The van der Waals surface area contributed by atoms with Crippen LogP contribution in [0.1, 0.15) is 44.6 Å². The molecule has 88 valence electrons. The molecule has 1 aromatic carbocycles. The van der Waals surface area contributed by atoms with E-state index in [1.165, 1.54) is 11.1 Å². The molecule has 0 radical (unpaired) electrons. The van der Waals surface area contributed by atoms with E-state index in [1.54, 1.807) is 0 Å². The van der Waals surface area contributed by atoms with E-state index >= 15 is 0 Å². The molecule has 0 unspecified atom stereocenters. The Bertz CT molecular complexity index is 594. The molecule has 0 spiro atoms. The Morgan fingerprint density at radius 1 is 1.24 bits per heavy atom. The summed E-state index contributed by atoms with van der Waals surface area (Å²) in [6.45, 7) is 8.63. The van der Waals surface area contributed by atoms with E-state index in [1.807, 2.05) is 6.07 Å². The molecule has 1 heterocycles. The molecule has 2 rings (SSSR count). The number of benzene rings is 1. The van der Waals surface area contributed by atoms with Gasteiger partial charge >= 0.3 is 0 Å². The monoisotopic (exact) mass is 227 g/mol. The van der Waals surface area contributed by atoms with Gasteiger partial charge < -0.3 is 4.42 Å². The topological polar surface area (TPSA) is 36.9 Å². The highest BCUT2D eigenvalue weighted by molar-refractivity contribution is 5.83. The number of nitriles is 1. The number of hydrogen-bond acceptors (Lipinski definition) is 2. The van der Waals surface area contributed by atoms with Crippen molar-refractivity contribution < 1.29 is 4.42 Å². The predicted molar refractivity (Wildman–Crippen MR) is 69.0 cm³/mol. The van der Waals surface area contributed by atoms with E-state index in [0.29, 0.717) is 5.76 Å². The van der Waals surface area contributed by atoms with E-state index < -0.39 is 0 Å². The Hall–Kier alpha value is -1.75. The minimum absolute atomic E-state index is 0.0218. The minimum atomic E-state index is 0.0218. The van der Waals surface area contributed by atoms with Crippen molar-refractivity contribution in [3.05, 3.63) is 35.1 Å². The second-order valence-electron chi connectivity index (χ2n) is 5.39. The van der Waals surface area contributed by atoms with Crippen LogP contribution in [-0.2, 0) is 11.8 Å². The molecule has 0 saturated carbocycles. The fourth-order valence-electron chi connectivity index (χ4n) is 2.03. The molecule has 0 saturated heterocycles. The lowest BCUT2D eigenvalue weighted by molar-refractivity contribution is 0.552. The lowest BCUT2D eigenvalue weighted by Gasteiger charge is -2.20. The Morgan fingerprint density at radius 3 is 2.47 bits per heavy atom. The molecule has 2 nitrogen and oxygen atoms in total. The van der Waals surface area contributed by atoms with E-state index in [9.17, 15) is 0 Å². The normalized spacial score (nSPS) is 11.7. The molecule has 0 bridgehead atoms. The first-order valence-electron chi connectivity index (χ1n) is 5.92. The highest BCUT2D eigenvalue weighted by Gasteiger charge is 2.20. The summed E-state index contributed by atoms with van der Waals surface area (Å²) in [7, 11) is 0. The number of fused-ring (bicyclic) bond motifs is 1. The van der Waals surface area contributed by atoms with Gasteiger partial charge in [-0.25, -0.2) is 0 Å². The van der Waals surface area contributed by atoms with Crippen LogP contribution in [-0.4, -0.2) is 0 Å². The number of rotatable bonds is 1. The third kappa shape index (κ3) is 2.06. The summed E-state index contributed by atoms with van der Waals surface area (Å²) in [5.41, 5.74) is 3.33. The average molecular weight is 227 g/mol. The third-order valence-corrected chi connectivity index (χ3v) is 3.00. The van der Waals surface area contributed by atoms with Gasteiger partial charge in [-0.15, -0.1) is 0 Å². The fourth-order valence-corrected chi connectivity index (χ4v) is 2.03. The molecule has 17 heavy (non-hydrogen) atoms. The van der Waals surface area contributed by atoms with Crippen LogP contribution in [0.15, 0.2) is 22.6 Å². The van der Waals surface area contributed by atoms with Gasteiger partial charge in [0.15, 0.2) is 0 Å². The highest BCUT2D eigenvalue weighted by atomic mass is 16.3. The minimum Gasteiger partial charge on any atom is -0.445 e. The maximum absolute atomic E-state index is 8.92. The van der Waals surface area contributed by atoms with Crippen molar-refractivity contribution in [1.82, 2.24) is 0 Å². The SMILES string of the molecule is CCc1cc(C(C)(C)C)c2oc(C#N)cc2c1. The highest BCUT2D eigenvalue weighted by Crippen LogP contribution is 2.33. The lowest BCUT2D eigenvalue weighted by Crippen LogP contribution is -2.11. The van der Waals surface area contributed by atoms with Crippen LogP contribution >= 0.6 is 0 Å². The summed E-state index contributed by atoms with van der Waals surface area (Å²) in [5.74, 6) is 0.388. The Balaban J connectivity index is 2.80. The Morgan fingerprint density at radius 2 is 1.94 bits per heavy atom. The number of aryl methyl sites for hydroxylation is 1. The number of furan rings is 1. The Kier molecular flexibility index (Phi) is 2.71. The molecular weight excluding hydrogens is 210 g/mol. The van der Waals surface area contributed by atoms with E-state index in [-0.39, 0.29) is 5.41 Å². The van der Waals surface area contributed by atoms with E-state index in [0.717, 1.165) is 17.4 Å². The van der Waals surface area contributed by atoms with Gasteiger partial charge in [-0.3, -0.25) is 0 Å². The summed E-state index contributed by atoms with van der Waals surface area (Å²) in [6, 6.07) is 8.18. The van der Waals surface area contributed by atoms with Crippen molar-refractivity contribution in [2.45, 2.75) is 39.5 Å². The summed E-state index contributed by atoms with van der Waals surface area (Å²) < 4.78 is 5.61. The zero-order chi connectivity index (χ0) is 12.6. The zero-order valence-corrected chi connectivity index (χ0v) is 10.8. The van der Waals surface area contributed by atoms with Crippen LogP contribution in [0, 0.1) is 11.3 Å². The van der Waals surface area contributed by atoms with Gasteiger partial charge in [-0.2, -0.15) is 5.26 Å². The van der Waals surface area contributed by atoms with Crippen LogP contribution in [0.4, 0.5) is 0 Å². The maximum atomic E-state index is 8.92. The standard InChI is InChI=1S/C15H17NO/c1-5-10-6-11-8-12(9-16)17-14(11)13(7-10)15(2,3)4/h6-8H,5H2,1-4H3. The molecule has 0 amide bonds. The van der Waals surface area contributed by atoms with Crippen LogP contribution in [0.25, 0.3) is 11.0 Å². The van der Waals surface area contributed by atoms with Crippen molar-refractivity contribution in [2.75, 3.05) is 0 Å². The van der Waals surface area contributed by atoms with Gasteiger partial charge in [0.25, 0.3) is 0 Å². The van der Waals surface area contributed by atoms with Crippen molar-refractivity contribution >= 4 is 11.0 Å². The first-order chi connectivity index (χ1) is 7.95. The third-order valence-electron chi connectivity index (χ3n) is 3.00. The predicted octanol–water partition coefficient (Wildman–Crippen LogP) is 4.16. The van der Waals surface area contributed by atoms with Crippen molar-refractivity contribution in [3.63, 3.8) is 0 Å². The second-order valence-corrected chi connectivity index (χ2v) is 5.39. The Labute approximate surface area is 102 Å². The van der Waals surface area contributed by atoms with Gasteiger partial charge in [-0.1, -0.05) is 33.8 Å². The molecule has 0 aliphatic carbocycles. The fraction of sp³-hybridized carbons (Fsp3) is 0.400. The smallest absolute Gasteiger partial charge is 0.204 e. The molecule has 2 heteroatoms. The molecular formula is C15H17NO. The maximum Gasteiger partial charge on any atom is 0.204 e. The summed E-state index contributed by atoms with van der Waals surface area (Å²) in [6.07, 6.45) is 0.992. The quantitative estimate of drug-likeness (QED) is 0.733. The first-order valence-corrected chi connectivity index (χ1v) is 5.92. The number of nitrogens with zero attached hydrogens (tertiary/aromatic N) is 1. The van der Waals surface area contributed by atoms with Crippen LogP contribution < -0.4 is 0 Å². The summed E-state index contributed by atoms with van der Waals surface area (Å²) in [4.78, 5) is 0. The van der Waals surface area contributed by atoms with E-state index in [4.69, 9.17) is 9.68 Å². The van der Waals surface area contributed by atoms with Crippen LogP contribution in [0.3, 0.4) is 0 Å². The largest absolute Gasteiger partial charge is 0.445 e. The van der Waals surface area contributed by atoms with Crippen LogP contribution in [0.2, 0.25) is 0 Å². The first kappa shape index (κ1) is 11.7. The van der Waals surface area contributed by atoms with Gasteiger partial charge in [0.2, 0.25) is 5.76 Å². The average Bonchev–Trinajstić information content (AvgIpc) is 2.68. The summed E-state index contributed by atoms with van der Waals surface area (Å²) >= 11 is 0. The molecule has 0 atom stereocenters. The molecule has 0 aliphatic rings.